The number of aromatic nitrogens is 2. The Kier molecular flexibility index (Phi) is 5.43. The summed E-state index contributed by atoms with van der Waals surface area (Å²) in [5.41, 5.74) is 1.29. The van der Waals surface area contributed by atoms with Crippen LogP contribution in [0.4, 0.5) is 5.82 Å². The number of nitrogens with zero attached hydrogens (tertiary/aromatic N) is 3. The minimum atomic E-state index is 0.476. The normalized spacial score (nSPS) is 11.7. The van der Waals surface area contributed by atoms with Crippen molar-refractivity contribution >= 4 is 22.1 Å². The van der Waals surface area contributed by atoms with Gasteiger partial charge in [0.15, 0.2) is 10.8 Å². The van der Waals surface area contributed by atoms with E-state index in [2.05, 4.69) is 53.9 Å². The lowest BCUT2D eigenvalue weighted by Crippen LogP contribution is -2.33. The predicted molar refractivity (Wildman–Crippen MR) is 87.8 cm³/mol. The van der Waals surface area contributed by atoms with E-state index in [1.807, 2.05) is 0 Å². The average molecular weight is 294 g/mol. The van der Waals surface area contributed by atoms with Crippen molar-refractivity contribution in [2.24, 2.45) is 0 Å². The van der Waals surface area contributed by atoms with Gasteiger partial charge in [0, 0.05) is 30.7 Å². The SMILES string of the molecule is CCCNCc1c(N(CCC)C(C)C)nc2sccn12. The molecule has 0 fully saturated rings. The van der Waals surface area contributed by atoms with E-state index in [1.54, 1.807) is 11.3 Å². The third kappa shape index (κ3) is 3.15. The van der Waals surface area contributed by atoms with E-state index in [0.29, 0.717) is 6.04 Å². The van der Waals surface area contributed by atoms with E-state index < -0.39 is 0 Å². The van der Waals surface area contributed by atoms with Crippen molar-refractivity contribution < 1.29 is 0 Å². The van der Waals surface area contributed by atoms with Crippen LogP contribution in [-0.2, 0) is 6.54 Å². The summed E-state index contributed by atoms with van der Waals surface area (Å²) in [6, 6.07) is 0.476. The van der Waals surface area contributed by atoms with Crippen molar-refractivity contribution in [3.63, 3.8) is 0 Å². The van der Waals surface area contributed by atoms with Gasteiger partial charge in [-0.15, -0.1) is 11.3 Å². The summed E-state index contributed by atoms with van der Waals surface area (Å²) in [6.07, 6.45) is 4.43. The van der Waals surface area contributed by atoms with Crippen LogP contribution in [0.2, 0.25) is 0 Å². The zero-order chi connectivity index (χ0) is 14.5. The van der Waals surface area contributed by atoms with Crippen LogP contribution >= 0.6 is 11.3 Å². The standard InChI is InChI=1S/C15H26N4S/c1-5-7-16-11-13-14(18(8-6-2)12(3)4)17-15-19(13)9-10-20-15/h9-10,12,16H,5-8,11H2,1-4H3. The van der Waals surface area contributed by atoms with E-state index in [1.165, 1.54) is 5.69 Å². The van der Waals surface area contributed by atoms with Crippen LogP contribution in [0.3, 0.4) is 0 Å². The molecule has 112 valence electrons. The molecular formula is C15H26N4S. The van der Waals surface area contributed by atoms with Gasteiger partial charge in [-0.25, -0.2) is 4.98 Å². The van der Waals surface area contributed by atoms with E-state index >= 15 is 0 Å². The number of hydrogen-bond acceptors (Lipinski definition) is 4. The summed E-state index contributed by atoms with van der Waals surface area (Å²) in [5.74, 6) is 1.15. The minimum Gasteiger partial charge on any atom is -0.353 e. The molecule has 0 unspecified atom stereocenters. The number of nitrogens with one attached hydrogen (secondary N) is 1. The first-order valence-corrected chi connectivity index (χ1v) is 8.48. The Balaban J connectivity index is 2.34. The van der Waals surface area contributed by atoms with Crippen molar-refractivity contribution in [3.05, 3.63) is 17.3 Å². The van der Waals surface area contributed by atoms with Crippen molar-refractivity contribution in [2.45, 2.75) is 53.1 Å². The first-order valence-electron chi connectivity index (χ1n) is 7.60. The van der Waals surface area contributed by atoms with E-state index in [-0.39, 0.29) is 0 Å². The lowest BCUT2D eigenvalue weighted by Gasteiger charge is -2.27. The van der Waals surface area contributed by atoms with Gasteiger partial charge in [0.05, 0.1) is 5.69 Å². The molecule has 0 aliphatic heterocycles. The Hall–Kier alpha value is -1.07. The van der Waals surface area contributed by atoms with Gasteiger partial charge in [0.1, 0.15) is 0 Å². The molecule has 4 nitrogen and oxygen atoms in total. The van der Waals surface area contributed by atoms with Crippen LogP contribution in [0.15, 0.2) is 11.6 Å². The van der Waals surface area contributed by atoms with Gasteiger partial charge in [-0.3, -0.25) is 4.40 Å². The summed E-state index contributed by atoms with van der Waals surface area (Å²) in [7, 11) is 0. The zero-order valence-electron chi connectivity index (χ0n) is 13.0. The summed E-state index contributed by atoms with van der Waals surface area (Å²) < 4.78 is 2.23. The molecule has 0 radical (unpaired) electrons. The number of rotatable bonds is 8. The molecule has 0 atom stereocenters. The van der Waals surface area contributed by atoms with Gasteiger partial charge >= 0.3 is 0 Å². The summed E-state index contributed by atoms with van der Waals surface area (Å²) in [4.78, 5) is 8.37. The molecule has 0 bridgehead atoms. The second-order valence-corrected chi connectivity index (χ2v) is 6.27. The Labute approximate surface area is 125 Å². The van der Waals surface area contributed by atoms with Gasteiger partial charge in [-0.2, -0.15) is 0 Å². The molecule has 0 saturated heterocycles. The van der Waals surface area contributed by atoms with Crippen LogP contribution in [0.1, 0.15) is 46.2 Å². The molecule has 0 aliphatic carbocycles. The van der Waals surface area contributed by atoms with Crippen molar-refractivity contribution in [2.75, 3.05) is 18.0 Å². The third-order valence-corrected chi connectivity index (χ3v) is 4.18. The van der Waals surface area contributed by atoms with Crippen LogP contribution in [-0.4, -0.2) is 28.5 Å². The second kappa shape index (κ2) is 7.09. The van der Waals surface area contributed by atoms with Gasteiger partial charge < -0.3 is 10.2 Å². The van der Waals surface area contributed by atoms with Gasteiger partial charge in [0.25, 0.3) is 0 Å². The first kappa shape index (κ1) is 15.3. The Morgan fingerprint density at radius 3 is 2.80 bits per heavy atom. The molecule has 0 amide bonds. The molecule has 0 spiro atoms. The van der Waals surface area contributed by atoms with Gasteiger partial charge in [0.2, 0.25) is 0 Å². The molecule has 2 rings (SSSR count). The van der Waals surface area contributed by atoms with E-state index in [9.17, 15) is 0 Å². The molecule has 1 N–H and O–H groups in total. The number of thiazole rings is 1. The minimum absolute atomic E-state index is 0.476. The predicted octanol–water partition coefficient (Wildman–Crippen LogP) is 3.52. The fraction of sp³-hybridized carbons (Fsp3) is 0.667. The molecule has 2 aromatic heterocycles. The fourth-order valence-corrected chi connectivity index (χ4v) is 3.18. The highest BCUT2D eigenvalue weighted by atomic mass is 32.1. The van der Waals surface area contributed by atoms with Gasteiger partial charge in [-0.1, -0.05) is 13.8 Å². The van der Waals surface area contributed by atoms with Crippen LogP contribution in [0.5, 0.6) is 0 Å². The number of hydrogen-bond donors (Lipinski definition) is 1. The lowest BCUT2D eigenvalue weighted by molar-refractivity contribution is 0.636. The number of fused-ring (bicyclic) bond motifs is 1. The van der Waals surface area contributed by atoms with Crippen molar-refractivity contribution in [1.29, 1.82) is 0 Å². The zero-order valence-corrected chi connectivity index (χ0v) is 13.8. The number of imidazole rings is 1. The van der Waals surface area contributed by atoms with Crippen LogP contribution in [0.25, 0.3) is 4.96 Å². The second-order valence-electron chi connectivity index (χ2n) is 5.40. The molecule has 0 saturated carbocycles. The van der Waals surface area contributed by atoms with Crippen LogP contribution in [0, 0.1) is 0 Å². The third-order valence-electron chi connectivity index (χ3n) is 3.42. The van der Waals surface area contributed by atoms with E-state index in [4.69, 9.17) is 4.98 Å². The average Bonchev–Trinajstić information content (AvgIpc) is 2.98. The maximum absolute atomic E-state index is 4.86. The maximum atomic E-state index is 4.86. The Morgan fingerprint density at radius 2 is 2.15 bits per heavy atom. The van der Waals surface area contributed by atoms with Crippen molar-refractivity contribution in [3.8, 4) is 0 Å². The topological polar surface area (TPSA) is 32.6 Å². The lowest BCUT2D eigenvalue weighted by atomic mass is 10.2. The molecule has 2 heterocycles. The molecule has 5 heteroatoms. The molecule has 0 aliphatic rings. The Morgan fingerprint density at radius 1 is 1.35 bits per heavy atom. The summed E-state index contributed by atoms with van der Waals surface area (Å²) >= 11 is 1.71. The highest BCUT2D eigenvalue weighted by molar-refractivity contribution is 7.15. The summed E-state index contributed by atoms with van der Waals surface area (Å²) in [5, 5.41) is 5.62. The number of anilines is 1. The molecule has 0 aromatic carbocycles. The fourth-order valence-electron chi connectivity index (χ4n) is 2.45. The molecule has 2 aromatic rings. The monoisotopic (exact) mass is 294 g/mol. The van der Waals surface area contributed by atoms with E-state index in [0.717, 1.165) is 43.3 Å². The largest absolute Gasteiger partial charge is 0.353 e. The van der Waals surface area contributed by atoms with Gasteiger partial charge in [-0.05, 0) is 33.2 Å². The first-order chi connectivity index (χ1) is 9.69. The highest BCUT2D eigenvalue weighted by Crippen LogP contribution is 2.26. The maximum Gasteiger partial charge on any atom is 0.195 e. The smallest absolute Gasteiger partial charge is 0.195 e. The quantitative estimate of drug-likeness (QED) is 0.756. The van der Waals surface area contributed by atoms with Crippen LogP contribution < -0.4 is 10.2 Å². The summed E-state index contributed by atoms with van der Waals surface area (Å²) in [6.45, 7) is 11.9. The Bertz CT molecular complexity index is 529. The molecule has 20 heavy (non-hydrogen) atoms. The molecular weight excluding hydrogens is 268 g/mol. The van der Waals surface area contributed by atoms with Crippen molar-refractivity contribution in [1.82, 2.24) is 14.7 Å². The highest BCUT2D eigenvalue weighted by Gasteiger charge is 2.20.